The number of hydrogen-bond acceptors (Lipinski definition) is 2. The maximum absolute atomic E-state index is 11.4. The van der Waals surface area contributed by atoms with E-state index in [4.69, 9.17) is 0 Å². The maximum atomic E-state index is 11.4. The average molecular weight is 213 g/mol. The second-order valence-corrected chi connectivity index (χ2v) is 4.87. The third-order valence-corrected chi connectivity index (χ3v) is 3.01. The number of rotatable bonds is 5. The number of carbonyl (C=O) groups is 1. The van der Waals surface area contributed by atoms with Gasteiger partial charge in [0.2, 0.25) is 0 Å². The van der Waals surface area contributed by atoms with Gasteiger partial charge < -0.3 is 16.0 Å². The van der Waals surface area contributed by atoms with E-state index in [0.717, 1.165) is 13.1 Å². The predicted octanol–water partition coefficient (Wildman–Crippen LogP) is 1.08. The Balaban J connectivity index is 2.25. The van der Waals surface area contributed by atoms with Crippen LogP contribution in [0.15, 0.2) is 0 Å². The molecule has 0 aromatic heterocycles. The van der Waals surface area contributed by atoms with Crippen LogP contribution in [0.25, 0.3) is 0 Å². The highest BCUT2D eigenvalue weighted by atomic mass is 16.2. The Kier molecular flexibility index (Phi) is 4.39. The fourth-order valence-electron chi connectivity index (χ4n) is 2.05. The summed E-state index contributed by atoms with van der Waals surface area (Å²) in [6.45, 7) is 5.71. The third-order valence-electron chi connectivity index (χ3n) is 3.01. The molecule has 88 valence electrons. The van der Waals surface area contributed by atoms with Gasteiger partial charge in [-0.05, 0) is 33.7 Å². The molecule has 3 N–H and O–H groups in total. The van der Waals surface area contributed by atoms with Crippen LogP contribution in [0, 0.1) is 5.41 Å². The Labute approximate surface area is 92.2 Å². The molecule has 0 bridgehead atoms. The molecule has 1 rings (SSSR count). The van der Waals surface area contributed by atoms with Crippen LogP contribution in [0.2, 0.25) is 0 Å². The largest absolute Gasteiger partial charge is 0.338 e. The van der Waals surface area contributed by atoms with E-state index in [9.17, 15) is 4.79 Å². The Morgan fingerprint density at radius 1 is 1.33 bits per heavy atom. The monoisotopic (exact) mass is 213 g/mol. The molecule has 0 radical (unpaired) electrons. The van der Waals surface area contributed by atoms with Crippen LogP contribution in [-0.2, 0) is 0 Å². The second-order valence-electron chi connectivity index (χ2n) is 4.87. The van der Waals surface area contributed by atoms with Crippen molar-refractivity contribution in [2.24, 2.45) is 5.41 Å². The van der Waals surface area contributed by atoms with E-state index >= 15 is 0 Å². The number of hydrogen-bond donors (Lipinski definition) is 3. The van der Waals surface area contributed by atoms with Gasteiger partial charge in [-0.2, -0.15) is 0 Å². The zero-order valence-corrected chi connectivity index (χ0v) is 10.0. The molecular weight excluding hydrogens is 190 g/mol. The maximum Gasteiger partial charge on any atom is 0.315 e. The van der Waals surface area contributed by atoms with Crippen LogP contribution < -0.4 is 16.0 Å². The highest BCUT2D eigenvalue weighted by molar-refractivity contribution is 5.74. The lowest BCUT2D eigenvalue weighted by Crippen LogP contribution is -2.50. The molecule has 0 unspecified atom stereocenters. The van der Waals surface area contributed by atoms with Crippen LogP contribution in [0.4, 0.5) is 4.79 Å². The van der Waals surface area contributed by atoms with E-state index in [1.54, 1.807) is 0 Å². The quantitative estimate of drug-likeness (QED) is 0.640. The van der Waals surface area contributed by atoms with Crippen LogP contribution in [0.3, 0.4) is 0 Å². The molecule has 1 aliphatic rings. The van der Waals surface area contributed by atoms with Crippen LogP contribution in [0.1, 0.15) is 33.1 Å². The summed E-state index contributed by atoms with van der Waals surface area (Å²) in [5.41, 5.74) is 0.309. The Morgan fingerprint density at radius 2 is 2.00 bits per heavy atom. The zero-order chi connectivity index (χ0) is 11.3. The minimum atomic E-state index is -0.0487. The van der Waals surface area contributed by atoms with Crippen LogP contribution in [0.5, 0.6) is 0 Å². The average Bonchev–Trinajstić information content (AvgIpc) is 2.08. The molecule has 1 saturated carbocycles. The second kappa shape index (κ2) is 5.35. The third kappa shape index (κ3) is 3.70. The molecule has 0 aliphatic heterocycles. The molecule has 4 nitrogen and oxygen atoms in total. The highest BCUT2D eigenvalue weighted by Gasteiger charge is 2.36. The predicted molar refractivity (Wildman–Crippen MR) is 61.9 cm³/mol. The first-order chi connectivity index (χ1) is 7.08. The Morgan fingerprint density at radius 3 is 2.40 bits per heavy atom. The van der Waals surface area contributed by atoms with Gasteiger partial charge in [-0.25, -0.2) is 4.79 Å². The summed E-state index contributed by atoms with van der Waals surface area (Å²) in [6, 6.07) is 0.152. The number of carbonyl (C=O) groups excluding carboxylic acids is 1. The summed E-state index contributed by atoms with van der Waals surface area (Å²) < 4.78 is 0. The number of nitrogens with one attached hydrogen (secondary N) is 3. The van der Waals surface area contributed by atoms with Crippen molar-refractivity contribution < 1.29 is 4.79 Å². The lowest BCUT2D eigenvalue weighted by molar-refractivity contribution is 0.132. The molecule has 0 aromatic rings. The van der Waals surface area contributed by atoms with Gasteiger partial charge in [0.15, 0.2) is 0 Å². The molecule has 0 spiro atoms. The Hall–Kier alpha value is -0.770. The summed E-state index contributed by atoms with van der Waals surface area (Å²) in [5.74, 6) is 0. The normalized spacial score (nSPS) is 18.4. The summed E-state index contributed by atoms with van der Waals surface area (Å²) in [4.78, 5) is 11.4. The lowest BCUT2D eigenvalue weighted by Gasteiger charge is -2.42. The standard InChI is InChI=1S/C11H23N3O/c1-9(2)14-10(15)13-8-11(7-12-3)5-4-6-11/h9,12H,4-8H2,1-3H3,(H2,13,14,15). The first-order valence-corrected chi connectivity index (χ1v) is 5.77. The van der Waals surface area contributed by atoms with E-state index in [1.807, 2.05) is 20.9 Å². The number of amides is 2. The Bertz CT molecular complexity index is 212. The SMILES string of the molecule is CNCC1(CNC(=O)NC(C)C)CCC1. The summed E-state index contributed by atoms with van der Waals surface area (Å²) in [5, 5.41) is 8.99. The van der Waals surface area contributed by atoms with Crippen LogP contribution >= 0.6 is 0 Å². The molecule has 4 heteroatoms. The summed E-state index contributed by atoms with van der Waals surface area (Å²) >= 11 is 0. The van der Waals surface area contributed by atoms with Gasteiger partial charge in [0, 0.05) is 24.5 Å². The van der Waals surface area contributed by atoms with Crippen molar-refractivity contribution in [3.8, 4) is 0 Å². The fraction of sp³-hybridized carbons (Fsp3) is 0.909. The minimum Gasteiger partial charge on any atom is -0.338 e. The van der Waals surface area contributed by atoms with Crippen molar-refractivity contribution in [3.05, 3.63) is 0 Å². The van der Waals surface area contributed by atoms with E-state index in [2.05, 4.69) is 16.0 Å². The lowest BCUT2D eigenvalue weighted by atomic mass is 9.68. The van der Waals surface area contributed by atoms with Crippen molar-refractivity contribution in [2.45, 2.75) is 39.2 Å². The van der Waals surface area contributed by atoms with Gasteiger partial charge in [-0.1, -0.05) is 6.42 Å². The van der Waals surface area contributed by atoms with Crippen molar-refractivity contribution in [2.75, 3.05) is 20.1 Å². The van der Waals surface area contributed by atoms with Gasteiger partial charge in [0.1, 0.15) is 0 Å². The molecule has 1 fully saturated rings. The summed E-state index contributed by atoms with van der Waals surface area (Å²) in [6.07, 6.45) is 3.72. The molecule has 0 saturated heterocycles. The molecule has 15 heavy (non-hydrogen) atoms. The number of urea groups is 1. The molecule has 0 atom stereocenters. The van der Waals surface area contributed by atoms with Gasteiger partial charge in [0.05, 0.1) is 0 Å². The van der Waals surface area contributed by atoms with Crippen molar-refractivity contribution in [3.63, 3.8) is 0 Å². The minimum absolute atomic E-state index is 0.0487. The smallest absolute Gasteiger partial charge is 0.315 e. The van der Waals surface area contributed by atoms with E-state index in [0.29, 0.717) is 5.41 Å². The van der Waals surface area contributed by atoms with Gasteiger partial charge >= 0.3 is 6.03 Å². The molecule has 1 aliphatic carbocycles. The molecule has 2 amide bonds. The topological polar surface area (TPSA) is 53.2 Å². The van der Waals surface area contributed by atoms with E-state index < -0.39 is 0 Å². The van der Waals surface area contributed by atoms with Crippen molar-refractivity contribution >= 4 is 6.03 Å². The zero-order valence-electron chi connectivity index (χ0n) is 10.0. The molecular formula is C11H23N3O. The first-order valence-electron chi connectivity index (χ1n) is 5.77. The van der Waals surface area contributed by atoms with Crippen molar-refractivity contribution in [1.82, 2.24) is 16.0 Å². The molecule has 0 aromatic carbocycles. The molecule has 0 heterocycles. The fourth-order valence-corrected chi connectivity index (χ4v) is 2.05. The first kappa shape index (κ1) is 12.3. The summed E-state index contributed by atoms with van der Waals surface area (Å²) in [7, 11) is 1.97. The van der Waals surface area contributed by atoms with Crippen molar-refractivity contribution in [1.29, 1.82) is 0 Å². The van der Waals surface area contributed by atoms with E-state index in [-0.39, 0.29) is 12.1 Å². The highest BCUT2D eigenvalue weighted by Crippen LogP contribution is 2.39. The van der Waals surface area contributed by atoms with Gasteiger partial charge in [-0.15, -0.1) is 0 Å². The van der Waals surface area contributed by atoms with Crippen LogP contribution in [-0.4, -0.2) is 32.2 Å². The van der Waals surface area contributed by atoms with Gasteiger partial charge in [0.25, 0.3) is 0 Å². The van der Waals surface area contributed by atoms with Gasteiger partial charge in [-0.3, -0.25) is 0 Å². The van der Waals surface area contributed by atoms with E-state index in [1.165, 1.54) is 19.3 Å².